The third kappa shape index (κ3) is 4.45. The first-order valence-corrected chi connectivity index (χ1v) is 7.46. The van der Waals surface area contributed by atoms with Crippen LogP contribution >= 0.6 is 0 Å². The Kier molecular flexibility index (Phi) is 4.38. The minimum absolute atomic E-state index is 0.228. The SMILES string of the molecule is O=S(=O)(O)Oc1ccc(CC2CCNCC2)c(F)c1. The summed E-state index contributed by atoms with van der Waals surface area (Å²) in [7, 11) is -4.61. The summed E-state index contributed by atoms with van der Waals surface area (Å²) in [5, 5.41) is 3.24. The van der Waals surface area contributed by atoms with Gasteiger partial charge in [0, 0.05) is 6.07 Å². The second-order valence-electron chi connectivity index (χ2n) is 4.66. The van der Waals surface area contributed by atoms with E-state index in [1.165, 1.54) is 12.1 Å². The van der Waals surface area contributed by atoms with Gasteiger partial charge in [-0.2, -0.15) is 8.42 Å². The summed E-state index contributed by atoms with van der Waals surface area (Å²) < 4.78 is 47.6. The average molecular weight is 289 g/mol. The summed E-state index contributed by atoms with van der Waals surface area (Å²) in [6.45, 7) is 1.88. The van der Waals surface area contributed by atoms with E-state index >= 15 is 0 Å². The van der Waals surface area contributed by atoms with Gasteiger partial charge in [0.2, 0.25) is 0 Å². The van der Waals surface area contributed by atoms with Crippen LogP contribution in [0.2, 0.25) is 0 Å². The number of rotatable bonds is 4. The van der Waals surface area contributed by atoms with Gasteiger partial charge in [0.25, 0.3) is 0 Å². The fraction of sp³-hybridized carbons (Fsp3) is 0.500. The molecule has 7 heteroatoms. The molecule has 1 aliphatic rings. The fourth-order valence-corrected chi connectivity index (χ4v) is 2.61. The van der Waals surface area contributed by atoms with E-state index in [9.17, 15) is 12.8 Å². The highest BCUT2D eigenvalue weighted by molar-refractivity contribution is 7.81. The molecular weight excluding hydrogens is 273 g/mol. The Balaban J connectivity index is 2.06. The van der Waals surface area contributed by atoms with E-state index in [4.69, 9.17) is 4.55 Å². The molecule has 0 aromatic heterocycles. The highest BCUT2D eigenvalue weighted by Crippen LogP contribution is 2.23. The van der Waals surface area contributed by atoms with Crippen LogP contribution in [-0.2, 0) is 16.8 Å². The predicted molar refractivity (Wildman–Crippen MR) is 67.9 cm³/mol. The maximum Gasteiger partial charge on any atom is 0.446 e. The number of benzene rings is 1. The van der Waals surface area contributed by atoms with Crippen LogP contribution in [-0.4, -0.2) is 26.1 Å². The number of piperidine rings is 1. The summed E-state index contributed by atoms with van der Waals surface area (Å²) in [5.41, 5.74) is 0.537. The molecule has 1 heterocycles. The van der Waals surface area contributed by atoms with Gasteiger partial charge in [-0.05, 0) is 49.9 Å². The second kappa shape index (κ2) is 5.85. The lowest BCUT2D eigenvalue weighted by molar-refractivity contribution is 0.367. The van der Waals surface area contributed by atoms with Gasteiger partial charge >= 0.3 is 10.4 Å². The van der Waals surface area contributed by atoms with Crippen LogP contribution in [0.25, 0.3) is 0 Å². The molecule has 2 rings (SSSR count). The van der Waals surface area contributed by atoms with Crippen LogP contribution in [0.1, 0.15) is 18.4 Å². The Hall–Kier alpha value is -1.18. The lowest BCUT2D eigenvalue weighted by atomic mass is 9.91. The smallest absolute Gasteiger partial charge is 0.362 e. The molecule has 1 aromatic rings. The van der Waals surface area contributed by atoms with E-state index in [1.54, 1.807) is 0 Å². The summed E-state index contributed by atoms with van der Waals surface area (Å²) >= 11 is 0. The maximum atomic E-state index is 13.8. The van der Waals surface area contributed by atoms with Crippen LogP contribution in [0.15, 0.2) is 18.2 Å². The number of hydrogen-bond acceptors (Lipinski definition) is 4. The standard InChI is InChI=1S/C12H16FNO4S/c13-12-8-11(18-19(15,16)17)2-1-10(12)7-9-3-5-14-6-4-9/h1-2,8-9,14H,3-7H2,(H,15,16,17). The Labute approximate surface area is 111 Å². The molecule has 1 aliphatic heterocycles. The van der Waals surface area contributed by atoms with Gasteiger partial charge in [-0.25, -0.2) is 4.39 Å². The van der Waals surface area contributed by atoms with Crippen molar-refractivity contribution in [3.05, 3.63) is 29.6 Å². The largest absolute Gasteiger partial charge is 0.446 e. The molecule has 0 unspecified atom stereocenters. The maximum absolute atomic E-state index is 13.8. The first-order chi connectivity index (χ1) is 8.94. The zero-order valence-corrected chi connectivity index (χ0v) is 11.1. The number of nitrogens with one attached hydrogen (secondary N) is 1. The van der Waals surface area contributed by atoms with E-state index < -0.39 is 16.2 Å². The third-order valence-electron chi connectivity index (χ3n) is 3.19. The second-order valence-corrected chi connectivity index (χ2v) is 5.68. The first kappa shape index (κ1) is 14.2. The molecule has 1 aromatic carbocycles. The summed E-state index contributed by atoms with van der Waals surface area (Å²) in [4.78, 5) is 0. The Morgan fingerprint density at radius 1 is 1.37 bits per heavy atom. The van der Waals surface area contributed by atoms with Gasteiger partial charge in [0.05, 0.1) is 0 Å². The van der Waals surface area contributed by atoms with Crippen molar-refractivity contribution in [1.29, 1.82) is 0 Å². The van der Waals surface area contributed by atoms with Gasteiger partial charge < -0.3 is 9.50 Å². The van der Waals surface area contributed by atoms with E-state index in [0.29, 0.717) is 17.9 Å². The lowest BCUT2D eigenvalue weighted by Crippen LogP contribution is -2.28. The van der Waals surface area contributed by atoms with Crippen LogP contribution in [0, 0.1) is 11.7 Å². The van der Waals surface area contributed by atoms with E-state index in [2.05, 4.69) is 9.50 Å². The molecule has 0 aliphatic carbocycles. The van der Waals surface area contributed by atoms with Crippen molar-refractivity contribution >= 4 is 10.4 Å². The molecular formula is C12H16FNO4S. The highest BCUT2D eigenvalue weighted by atomic mass is 32.3. The van der Waals surface area contributed by atoms with Crippen LogP contribution in [0.5, 0.6) is 5.75 Å². The summed E-state index contributed by atoms with van der Waals surface area (Å²) in [6.07, 6.45) is 2.63. The summed E-state index contributed by atoms with van der Waals surface area (Å²) in [6, 6.07) is 3.81. The van der Waals surface area contributed by atoms with Crippen molar-refractivity contribution in [2.45, 2.75) is 19.3 Å². The van der Waals surface area contributed by atoms with Crippen LogP contribution in [0.4, 0.5) is 4.39 Å². The highest BCUT2D eigenvalue weighted by Gasteiger charge is 2.16. The molecule has 5 nitrogen and oxygen atoms in total. The zero-order valence-electron chi connectivity index (χ0n) is 10.3. The van der Waals surface area contributed by atoms with Gasteiger partial charge in [0.15, 0.2) is 0 Å². The molecule has 19 heavy (non-hydrogen) atoms. The lowest BCUT2D eigenvalue weighted by Gasteiger charge is -2.22. The quantitative estimate of drug-likeness (QED) is 0.823. The van der Waals surface area contributed by atoms with Crippen LogP contribution in [0.3, 0.4) is 0 Å². The van der Waals surface area contributed by atoms with Crippen molar-refractivity contribution in [3.63, 3.8) is 0 Å². The van der Waals surface area contributed by atoms with Gasteiger partial charge in [-0.3, -0.25) is 4.55 Å². The Bertz CT molecular complexity index is 541. The molecule has 0 radical (unpaired) electrons. The first-order valence-electron chi connectivity index (χ1n) is 6.10. The van der Waals surface area contributed by atoms with Gasteiger partial charge in [-0.1, -0.05) is 6.07 Å². The molecule has 0 spiro atoms. The van der Waals surface area contributed by atoms with E-state index in [1.807, 2.05) is 0 Å². The minimum atomic E-state index is -4.61. The van der Waals surface area contributed by atoms with Crippen molar-refractivity contribution in [2.75, 3.05) is 13.1 Å². The molecule has 2 N–H and O–H groups in total. The summed E-state index contributed by atoms with van der Waals surface area (Å²) in [5.74, 6) is -0.308. The van der Waals surface area contributed by atoms with E-state index in [0.717, 1.165) is 32.0 Å². The molecule has 0 bridgehead atoms. The number of hydrogen-bond donors (Lipinski definition) is 2. The van der Waals surface area contributed by atoms with Crippen molar-refractivity contribution in [2.24, 2.45) is 5.92 Å². The van der Waals surface area contributed by atoms with Crippen molar-refractivity contribution in [3.8, 4) is 5.75 Å². The monoisotopic (exact) mass is 289 g/mol. The molecule has 1 fully saturated rings. The third-order valence-corrected chi connectivity index (χ3v) is 3.60. The van der Waals surface area contributed by atoms with Gasteiger partial charge in [-0.15, -0.1) is 0 Å². The van der Waals surface area contributed by atoms with E-state index in [-0.39, 0.29) is 5.75 Å². The topological polar surface area (TPSA) is 75.6 Å². The fourth-order valence-electron chi connectivity index (χ4n) is 2.26. The molecule has 0 atom stereocenters. The molecule has 1 saturated heterocycles. The molecule has 0 saturated carbocycles. The Morgan fingerprint density at radius 3 is 2.63 bits per heavy atom. The van der Waals surface area contributed by atoms with Crippen molar-refractivity contribution < 1.29 is 21.5 Å². The van der Waals surface area contributed by atoms with Gasteiger partial charge in [0.1, 0.15) is 11.6 Å². The predicted octanol–water partition coefficient (Wildman–Crippen LogP) is 1.55. The van der Waals surface area contributed by atoms with Crippen molar-refractivity contribution in [1.82, 2.24) is 5.32 Å². The average Bonchev–Trinajstić information content (AvgIpc) is 2.32. The Morgan fingerprint density at radius 2 is 2.05 bits per heavy atom. The normalized spacial score (nSPS) is 17.4. The minimum Gasteiger partial charge on any atom is -0.362 e. The molecule has 0 amide bonds. The van der Waals surface area contributed by atoms with Crippen LogP contribution < -0.4 is 9.50 Å². The molecule has 106 valence electrons. The number of halogens is 1. The zero-order chi connectivity index (χ0) is 13.9.